The van der Waals surface area contributed by atoms with Crippen molar-refractivity contribution < 1.29 is 19.1 Å². The number of rotatable bonds is 8. The van der Waals surface area contributed by atoms with Crippen LogP contribution in [0, 0.1) is 5.41 Å². The standard InChI is InChI=1S/C15H24O4/c1-5-6-7-8-9-10-11-12-15(2,13(16)18-3)14(17)19-4/h8-11H,5-7,12H2,1-4H3/b9-8+,11-10+. The lowest BCUT2D eigenvalue weighted by Crippen LogP contribution is -2.38. The summed E-state index contributed by atoms with van der Waals surface area (Å²) in [4.78, 5) is 23.3. The highest BCUT2D eigenvalue weighted by Gasteiger charge is 2.42. The molecule has 108 valence electrons. The van der Waals surface area contributed by atoms with Gasteiger partial charge in [0.15, 0.2) is 5.41 Å². The Kier molecular flexibility index (Phi) is 8.58. The first-order valence-electron chi connectivity index (χ1n) is 6.51. The molecule has 0 bridgehead atoms. The summed E-state index contributed by atoms with van der Waals surface area (Å²) in [6.45, 7) is 3.66. The van der Waals surface area contributed by atoms with Crippen molar-refractivity contribution in [1.29, 1.82) is 0 Å². The van der Waals surface area contributed by atoms with E-state index >= 15 is 0 Å². The van der Waals surface area contributed by atoms with Crippen LogP contribution in [0.2, 0.25) is 0 Å². The molecule has 0 saturated carbocycles. The molecule has 0 aromatic heterocycles. The Balaban J connectivity index is 4.51. The largest absolute Gasteiger partial charge is 0.468 e. The quantitative estimate of drug-likeness (QED) is 0.294. The number of methoxy groups -OCH3 is 2. The zero-order valence-electron chi connectivity index (χ0n) is 12.3. The molecular weight excluding hydrogens is 244 g/mol. The summed E-state index contributed by atoms with van der Waals surface area (Å²) in [5, 5.41) is 0. The Morgan fingerprint density at radius 1 is 1.05 bits per heavy atom. The van der Waals surface area contributed by atoms with Crippen LogP contribution in [0.1, 0.15) is 39.5 Å². The molecule has 0 aliphatic heterocycles. The van der Waals surface area contributed by atoms with Crippen molar-refractivity contribution >= 4 is 11.9 Å². The summed E-state index contributed by atoms with van der Waals surface area (Å²) in [5.41, 5.74) is -1.28. The van der Waals surface area contributed by atoms with Gasteiger partial charge < -0.3 is 9.47 Å². The van der Waals surface area contributed by atoms with Gasteiger partial charge in [0.05, 0.1) is 14.2 Å². The molecule has 0 spiro atoms. The van der Waals surface area contributed by atoms with Gasteiger partial charge in [-0.15, -0.1) is 0 Å². The summed E-state index contributed by atoms with van der Waals surface area (Å²) in [7, 11) is 2.52. The number of esters is 2. The van der Waals surface area contributed by atoms with Gasteiger partial charge in [-0.3, -0.25) is 9.59 Å². The summed E-state index contributed by atoms with van der Waals surface area (Å²) in [6, 6.07) is 0. The second kappa shape index (κ2) is 9.36. The van der Waals surface area contributed by atoms with Crippen molar-refractivity contribution in [3.63, 3.8) is 0 Å². The number of allylic oxidation sites excluding steroid dienone is 4. The van der Waals surface area contributed by atoms with E-state index in [1.165, 1.54) is 21.1 Å². The van der Waals surface area contributed by atoms with E-state index in [1.54, 1.807) is 6.08 Å². The van der Waals surface area contributed by atoms with Gasteiger partial charge in [-0.2, -0.15) is 0 Å². The Bertz CT molecular complexity index is 326. The highest BCUT2D eigenvalue weighted by molar-refractivity contribution is 5.99. The van der Waals surface area contributed by atoms with Crippen LogP contribution in [0.4, 0.5) is 0 Å². The fraction of sp³-hybridized carbons (Fsp3) is 0.600. The molecule has 0 aliphatic carbocycles. The smallest absolute Gasteiger partial charge is 0.323 e. The fourth-order valence-electron chi connectivity index (χ4n) is 1.58. The SMILES string of the molecule is CCCC/C=C/C=C/CC(C)(C(=O)OC)C(=O)OC. The zero-order valence-corrected chi connectivity index (χ0v) is 12.3. The van der Waals surface area contributed by atoms with Gasteiger partial charge in [0.25, 0.3) is 0 Å². The van der Waals surface area contributed by atoms with E-state index in [1.807, 2.05) is 12.2 Å². The van der Waals surface area contributed by atoms with Crippen molar-refractivity contribution in [2.75, 3.05) is 14.2 Å². The van der Waals surface area contributed by atoms with Crippen molar-refractivity contribution in [3.05, 3.63) is 24.3 Å². The van der Waals surface area contributed by atoms with Gasteiger partial charge in [-0.05, 0) is 19.8 Å². The van der Waals surface area contributed by atoms with Crippen molar-refractivity contribution in [3.8, 4) is 0 Å². The van der Waals surface area contributed by atoms with Crippen LogP contribution < -0.4 is 0 Å². The molecule has 0 N–H and O–H groups in total. The van der Waals surface area contributed by atoms with E-state index in [0.29, 0.717) is 0 Å². The molecule has 0 aliphatic rings. The van der Waals surface area contributed by atoms with Crippen LogP contribution >= 0.6 is 0 Å². The third-order valence-corrected chi connectivity index (χ3v) is 2.91. The molecular formula is C15H24O4. The minimum atomic E-state index is -1.28. The van der Waals surface area contributed by atoms with Crippen molar-refractivity contribution in [2.24, 2.45) is 5.41 Å². The van der Waals surface area contributed by atoms with Crippen LogP contribution in [-0.4, -0.2) is 26.2 Å². The molecule has 19 heavy (non-hydrogen) atoms. The predicted octanol–water partition coefficient (Wildman–Crippen LogP) is 3.03. The molecule has 0 heterocycles. The number of hydrogen-bond acceptors (Lipinski definition) is 4. The van der Waals surface area contributed by atoms with Gasteiger partial charge >= 0.3 is 11.9 Å². The second-order valence-electron chi connectivity index (χ2n) is 4.52. The molecule has 0 rings (SSSR count). The van der Waals surface area contributed by atoms with E-state index in [2.05, 4.69) is 22.5 Å². The summed E-state index contributed by atoms with van der Waals surface area (Å²) < 4.78 is 9.31. The average Bonchev–Trinajstić information content (AvgIpc) is 2.44. The van der Waals surface area contributed by atoms with Gasteiger partial charge in [0.1, 0.15) is 0 Å². The molecule has 0 radical (unpaired) electrons. The third kappa shape index (κ3) is 5.73. The molecule has 0 aromatic rings. The highest BCUT2D eigenvalue weighted by atomic mass is 16.5. The molecule has 4 nitrogen and oxygen atoms in total. The number of unbranched alkanes of at least 4 members (excludes halogenated alkanes) is 2. The van der Waals surface area contributed by atoms with E-state index < -0.39 is 17.4 Å². The van der Waals surface area contributed by atoms with Gasteiger partial charge in [-0.25, -0.2) is 0 Å². The number of hydrogen-bond donors (Lipinski definition) is 0. The zero-order chi connectivity index (χ0) is 14.7. The Labute approximate surface area is 115 Å². The minimum absolute atomic E-state index is 0.254. The number of carbonyl (C=O) groups is 2. The molecule has 4 heteroatoms. The van der Waals surface area contributed by atoms with Crippen molar-refractivity contribution in [1.82, 2.24) is 0 Å². The van der Waals surface area contributed by atoms with Gasteiger partial charge in [-0.1, -0.05) is 44.1 Å². The average molecular weight is 268 g/mol. The maximum Gasteiger partial charge on any atom is 0.323 e. The Morgan fingerprint density at radius 3 is 2.05 bits per heavy atom. The van der Waals surface area contributed by atoms with Crippen LogP contribution in [0.25, 0.3) is 0 Å². The van der Waals surface area contributed by atoms with E-state index in [9.17, 15) is 9.59 Å². The number of carbonyl (C=O) groups excluding carboxylic acids is 2. The molecule has 0 aromatic carbocycles. The third-order valence-electron chi connectivity index (χ3n) is 2.91. The normalized spacial score (nSPS) is 12.0. The van der Waals surface area contributed by atoms with Crippen LogP contribution in [0.5, 0.6) is 0 Å². The maximum atomic E-state index is 11.7. The molecule has 0 atom stereocenters. The van der Waals surface area contributed by atoms with E-state index in [0.717, 1.165) is 19.3 Å². The monoisotopic (exact) mass is 268 g/mol. The van der Waals surface area contributed by atoms with Crippen molar-refractivity contribution in [2.45, 2.75) is 39.5 Å². The summed E-state index contributed by atoms with van der Waals surface area (Å²) >= 11 is 0. The molecule has 0 saturated heterocycles. The van der Waals surface area contributed by atoms with E-state index in [4.69, 9.17) is 0 Å². The lowest BCUT2D eigenvalue weighted by Gasteiger charge is -2.21. The second-order valence-corrected chi connectivity index (χ2v) is 4.52. The Morgan fingerprint density at radius 2 is 1.58 bits per heavy atom. The topological polar surface area (TPSA) is 52.6 Å². The molecule has 0 amide bonds. The van der Waals surface area contributed by atoms with Gasteiger partial charge in [0, 0.05) is 0 Å². The van der Waals surface area contributed by atoms with E-state index in [-0.39, 0.29) is 6.42 Å². The first kappa shape index (κ1) is 17.4. The predicted molar refractivity (Wildman–Crippen MR) is 74.6 cm³/mol. The first-order valence-corrected chi connectivity index (χ1v) is 6.51. The lowest BCUT2D eigenvalue weighted by molar-refractivity contribution is -0.167. The summed E-state index contributed by atoms with van der Waals surface area (Å²) in [5.74, 6) is -1.17. The minimum Gasteiger partial charge on any atom is -0.468 e. The Hall–Kier alpha value is -1.58. The van der Waals surface area contributed by atoms with Crippen LogP contribution in [0.15, 0.2) is 24.3 Å². The van der Waals surface area contributed by atoms with Gasteiger partial charge in [0.2, 0.25) is 0 Å². The number of ether oxygens (including phenoxy) is 2. The highest BCUT2D eigenvalue weighted by Crippen LogP contribution is 2.25. The lowest BCUT2D eigenvalue weighted by atomic mass is 9.86. The molecule has 0 fully saturated rings. The molecule has 0 unspecified atom stereocenters. The van der Waals surface area contributed by atoms with Crippen LogP contribution in [0.3, 0.4) is 0 Å². The van der Waals surface area contributed by atoms with Crippen LogP contribution in [-0.2, 0) is 19.1 Å². The maximum absolute atomic E-state index is 11.7. The fourth-order valence-corrected chi connectivity index (χ4v) is 1.58. The summed E-state index contributed by atoms with van der Waals surface area (Å²) in [6.07, 6.45) is 11.2. The first-order chi connectivity index (χ1) is 9.02.